The van der Waals surface area contributed by atoms with E-state index in [1.807, 2.05) is 85.1 Å². The number of likely N-dealkylation sites (tertiary alicyclic amines) is 1. The lowest BCUT2D eigenvalue weighted by atomic mass is 10.1. The Bertz CT molecular complexity index is 1240. The maximum Gasteiger partial charge on any atom is 0.213 e. The molecule has 6 heteroatoms. The lowest BCUT2D eigenvalue weighted by Gasteiger charge is -2.38. The van der Waals surface area contributed by atoms with E-state index in [-0.39, 0.29) is 6.10 Å². The van der Waals surface area contributed by atoms with Crippen molar-refractivity contribution >= 4 is 10.8 Å². The summed E-state index contributed by atoms with van der Waals surface area (Å²) in [5.74, 6) is 2.32. The zero-order chi connectivity index (χ0) is 23.3. The normalized spacial score (nSPS) is 14.9. The average Bonchev–Trinajstić information content (AvgIpc) is 2.85. The topological polar surface area (TPSA) is 51.7 Å². The molecule has 1 fully saturated rings. The summed E-state index contributed by atoms with van der Waals surface area (Å²) < 4.78 is 23.4. The monoisotopic (exact) mass is 470 g/mol. The van der Waals surface area contributed by atoms with Gasteiger partial charge in [-0.05, 0) is 53.6 Å². The minimum absolute atomic E-state index is 0.151. The summed E-state index contributed by atoms with van der Waals surface area (Å²) in [5.41, 5.74) is 3.30. The highest BCUT2D eigenvalue weighted by atomic mass is 32.2. The lowest BCUT2D eigenvalue weighted by Crippen LogP contribution is -2.53. The molecule has 5 rings (SSSR count). The molecule has 172 valence electrons. The molecule has 4 aromatic rings. The van der Waals surface area contributed by atoms with E-state index in [1.165, 1.54) is 5.56 Å². The van der Waals surface area contributed by atoms with E-state index in [2.05, 4.69) is 22.0 Å². The number of hydrogen-bond donors (Lipinski definition) is 0. The first-order chi connectivity index (χ1) is 16.6. The molecule has 3 aromatic carbocycles. The number of ether oxygens (including phenoxy) is 2. The van der Waals surface area contributed by atoms with Gasteiger partial charge in [0.2, 0.25) is 5.88 Å². The Balaban J connectivity index is 1.09. The first-order valence-corrected chi connectivity index (χ1v) is 12.8. The fraction of sp³-hybridized carbons (Fsp3) is 0.179. The molecule has 0 saturated carbocycles. The van der Waals surface area contributed by atoms with Crippen LogP contribution in [0.15, 0.2) is 102 Å². The molecule has 1 aliphatic rings. The van der Waals surface area contributed by atoms with Crippen molar-refractivity contribution in [1.82, 2.24) is 9.88 Å². The fourth-order valence-corrected chi connectivity index (χ4v) is 4.42. The second-order valence-electron chi connectivity index (χ2n) is 8.36. The summed E-state index contributed by atoms with van der Waals surface area (Å²) in [6.45, 7) is 2.64. The van der Waals surface area contributed by atoms with Gasteiger partial charge in [-0.2, -0.15) is 0 Å². The summed E-state index contributed by atoms with van der Waals surface area (Å²) in [6.07, 6.45) is 3.66. The van der Waals surface area contributed by atoms with E-state index in [9.17, 15) is 4.21 Å². The molecule has 1 atom stereocenters. The number of hydrogen-bond acceptors (Lipinski definition) is 5. The van der Waals surface area contributed by atoms with Crippen LogP contribution in [0, 0.1) is 0 Å². The lowest BCUT2D eigenvalue weighted by molar-refractivity contribution is 0.0118. The predicted octanol–water partition coefficient (Wildman–Crippen LogP) is 5.54. The van der Waals surface area contributed by atoms with Gasteiger partial charge in [-0.25, -0.2) is 4.98 Å². The highest BCUT2D eigenvalue weighted by Crippen LogP contribution is 2.25. The summed E-state index contributed by atoms with van der Waals surface area (Å²) in [6, 6.07) is 29.7. The number of para-hydroxylation sites is 1. The maximum atomic E-state index is 11.5. The third-order valence-corrected chi connectivity index (χ3v) is 6.71. The van der Waals surface area contributed by atoms with Crippen molar-refractivity contribution < 1.29 is 13.7 Å². The smallest absolute Gasteiger partial charge is 0.213 e. The van der Waals surface area contributed by atoms with Gasteiger partial charge < -0.3 is 9.47 Å². The van der Waals surface area contributed by atoms with E-state index in [1.54, 1.807) is 6.26 Å². The van der Waals surface area contributed by atoms with E-state index in [0.29, 0.717) is 5.88 Å². The highest BCUT2D eigenvalue weighted by molar-refractivity contribution is 7.84. The first kappa shape index (κ1) is 22.3. The molecule has 0 aliphatic carbocycles. The minimum Gasteiger partial charge on any atom is -0.472 e. The Morgan fingerprint density at radius 1 is 0.853 bits per heavy atom. The van der Waals surface area contributed by atoms with Crippen LogP contribution in [0.4, 0.5) is 0 Å². The molecule has 0 bridgehead atoms. The Kier molecular flexibility index (Phi) is 6.70. The molecular weight excluding hydrogens is 444 g/mol. The van der Waals surface area contributed by atoms with Crippen LogP contribution in [0.1, 0.15) is 5.56 Å². The molecule has 1 aliphatic heterocycles. The fourth-order valence-electron chi connectivity index (χ4n) is 3.90. The minimum atomic E-state index is -0.969. The number of aromatic nitrogens is 1. The number of nitrogens with zero attached hydrogens (tertiary/aromatic N) is 2. The molecule has 2 heterocycles. The van der Waals surface area contributed by atoms with Crippen LogP contribution in [-0.2, 0) is 17.3 Å². The molecule has 34 heavy (non-hydrogen) atoms. The first-order valence-electron chi connectivity index (χ1n) is 11.2. The summed E-state index contributed by atoms with van der Waals surface area (Å²) in [4.78, 5) is 7.65. The van der Waals surface area contributed by atoms with E-state index in [4.69, 9.17) is 9.47 Å². The molecule has 1 unspecified atom stereocenters. The van der Waals surface area contributed by atoms with Crippen molar-refractivity contribution in [3.05, 3.63) is 103 Å². The largest absolute Gasteiger partial charge is 0.472 e. The second-order valence-corrected chi connectivity index (χ2v) is 9.74. The van der Waals surface area contributed by atoms with Gasteiger partial charge in [0.25, 0.3) is 0 Å². The van der Waals surface area contributed by atoms with Crippen molar-refractivity contribution in [2.45, 2.75) is 17.5 Å². The Labute approximate surface area is 202 Å². The zero-order valence-electron chi connectivity index (χ0n) is 19.0. The predicted molar refractivity (Wildman–Crippen MR) is 135 cm³/mol. The summed E-state index contributed by atoms with van der Waals surface area (Å²) >= 11 is 0. The van der Waals surface area contributed by atoms with Crippen LogP contribution in [0.25, 0.3) is 11.1 Å². The van der Waals surface area contributed by atoms with Crippen LogP contribution in [-0.4, -0.2) is 39.5 Å². The molecule has 1 aromatic heterocycles. The number of benzene rings is 3. The molecule has 0 amide bonds. The van der Waals surface area contributed by atoms with Gasteiger partial charge in [-0.15, -0.1) is 0 Å². The molecule has 5 nitrogen and oxygen atoms in total. The zero-order valence-corrected chi connectivity index (χ0v) is 19.8. The van der Waals surface area contributed by atoms with Crippen molar-refractivity contribution in [2.75, 3.05) is 19.3 Å². The summed E-state index contributed by atoms with van der Waals surface area (Å²) in [7, 11) is -0.969. The SMILES string of the molecule is CS(=O)c1ccc(-c2ccc(OC3CN(Cc4ccc(Oc5ccccc5)cc4)C3)nc2)cc1. The third-order valence-electron chi connectivity index (χ3n) is 5.78. The van der Waals surface area contributed by atoms with Crippen LogP contribution in [0.3, 0.4) is 0 Å². The van der Waals surface area contributed by atoms with Crippen molar-refractivity contribution in [1.29, 1.82) is 0 Å². The molecular formula is C28H26N2O3S. The Hall–Kier alpha value is -3.48. The van der Waals surface area contributed by atoms with Crippen LogP contribution in [0.2, 0.25) is 0 Å². The van der Waals surface area contributed by atoms with Crippen LogP contribution >= 0.6 is 0 Å². The van der Waals surface area contributed by atoms with Crippen molar-refractivity contribution in [2.24, 2.45) is 0 Å². The number of pyridine rings is 1. The van der Waals surface area contributed by atoms with Gasteiger partial charge in [0.05, 0.1) is 0 Å². The van der Waals surface area contributed by atoms with Crippen LogP contribution in [0.5, 0.6) is 17.4 Å². The van der Waals surface area contributed by atoms with Crippen LogP contribution < -0.4 is 9.47 Å². The molecule has 0 spiro atoms. The van der Waals surface area contributed by atoms with Gasteiger partial charge in [0.1, 0.15) is 17.6 Å². The van der Waals surface area contributed by atoms with Crippen molar-refractivity contribution in [3.8, 4) is 28.5 Å². The highest BCUT2D eigenvalue weighted by Gasteiger charge is 2.28. The van der Waals surface area contributed by atoms with Gasteiger partial charge in [0, 0.05) is 59.4 Å². The number of rotatable bonds is 8. The second kappa shape index (κ2) is 10.2. The van der Waals surface area contributed by atoms with E-state index in [0.717, 1.165) is 47.2 Å². The molecule has 1 saturated heterocycles. The average molecular weight is 471 g/mol. The standard InChI is InChI=1S/C28H26N2O3S/c1-34(31)27-14-9-22(10-15-27)23-11-16-28(29-17-23)33-26-19-30(20-26)18-21-7-12-25(13-8-21)32-24-5-3-2-4-6-24/h2-17,26H,18-20H2,1H3. The summed E-state index contributed by atoms with van der Waals surface area (Å²) in [5, 5.41) is 0. The van der Waals surface area contributed by atoms with E-state index < -0.39 is 10.8 Å². The molecule has 0 N–H and O–H groups in total. The maximum absolute atomic E-state index is 11.5. The third kappa shape index (κ3) is 5.53. The van der Waals surface area contributed by atoms with Gasteiger partial charge >= 0.3 is 0 Å². The van der Waals surface area contributed by atoms with Gasteiger partial charge in [0.15, 0.2) is 0 Å². The Morgan fingerprint density at radius 2 is 1.53 bits per heavy atom. The van der Waals surface area contributed by atoms with Gasteiger partial charge in [-0.3, -0.25) is 9.11 Å². The Morgan fingerprint density at radius 3 is 2.18 bits per heavy atom. The molecule has 0 radical (unpaired) electrons. The van der Waals surface area contributed by atoms with E-state index >= 15 is 0 Å². The van der Waals surface area contributed by atoms with Gasteiger partial charge in [-0.1, -0.05) is 42.5 Å². The quantitative estimate of drug-likeness (QED) is 0.338. The van der Waals surface area contributed by atoms with Crippen molar-refractivity contribution in [3.63, 3.8) is 0 Å².